The maximum Gasteiger partial charge on any atom is 0.335 e. The average Bonchev–Trinajstić information content (AvgIpc) is 2.87. The van der Waals surface area contributed by atoms with E-state index in [1.807, 2.05) is 0 Å². The third-order valence-electron chi connectivity index (χ3n) is 6.76. The fourth-order valence-corrected chi connectivity index (χ4v) is 4.67. The third kappa shape index (κ3) is 5.06. The van der Waals surface area contributed by atoms with Gasteiger partial charge < -0.3 is 39.9 Å². The number of carbonyl (C=O) groups is 2. The molecule has 8 atom stereocenters. The minimum Gasteiger partial charge on any atom is -0.479 e. The number of hydrogen-bond acceptors (Lipinski definition) is 8. The highest BCUT2D eigenvalue weighted by molar-refractivity contribution is 5.86. The Labute approximate surface area is 206 Å². The predicted octanol–water partition coefficient (Wildman–Crippen LogP) is 0.740. The van der Waals surface area contributed by atoms with Crippen LogP contribution >= 0.6 is 0 Å². The van der Waals surface area contributed by atoms with Gasteiger partial charge in [0.05, 0.1) is 18.1 Å². The second kappa shape index (κ2) is 10.5. The second-order valence-electron chi connectivity index (χ2n) is 9.07. The van der Waals surface area contributed by atoms with Crippen LogP contribution in [0.4, 0.5) is 4.39 Å². The molecule has 0 radical (unpaired) electrons. The number of ether oxygens (including phenoxy) is 2. The first-order valence-electron chi connectivity index (χ1n) is 11.5. The van der Waals surface area contributed by atoms with Crippen molar-refractivity contribution < 1.29 is 49.0 Å². The SMILES string of the molecule is CN1C(=O)C(CC[C@H](O)c2ccc(F)cc2)[C@H]1c1ccc(O[C@@H]2O[C@H](C(=O)O)C(O)[C@H](O)C2O)cc1. The maximum atomic E-state index is 13.1. The number of aliphatic hydroxyl groups is 4. The number of benzene rings is 2. The highest BCUT2D eigenvalue weighted by atomic mass is 19.1. The molecule has 4 rings (SSSR count). The Balaban J connectivity index is 1.39. The number of aliphatic carboxylic acids is 1. The van der Waals surface area contributed by atoms with Gasteiger partial charge in [-0.2, -0.15) is 0 Å². The molecule has 0 spiro atoms. The van der Waals surface area contributed by atoms with E-state index in [4.69, 9.17) is 14.6 Å². The number of carboxylic acids is 1. The number of nitrogens with zero attached hydrogens (tertiary/aromatic N) is 1. The van der Waals surface area contributed by atoms with Gasteiger partial charge in [-0.15, -0.1) is 0 Å². The first-order valence-corrected chi connectivity index (χ1v) is 11.5. The summed E-state index contributed by atoms with van der Waals surface area (Å²) in [5.41, 5.74) is 1.37. The molecule has 3 unspecified atom stereocenters. The number of hydrogen-bond donors (Lipinski definition) is 5. The van der Waals surface area contributed by atoms with E-state index in [2.05, 4.69) is 0 Å². The fourth-order valence-electron chi connectivity index (χ4n) is 4.67. The van der Waals surface area contributed by atoms with E-state index in [0.717, 1.165) is 5.56 Å². The molecule has 2 aromatic rings. The Hall–Kier alpha value is -3.09. The molecule has 2 heterocycles. The van der Waals surface area contributed by atoms with E-state index >= 15 is 0 Å². The highest BCUT2D eigenvalue weighted by Crippen LogP contribution is 2.42. The van der Waals surface area contributed by atoms with E-state index in [-0.39, 0.29) is 23.6 Å². The summed E-state index contributed by atoms with van der Waals surface area (Å²) in [5.74, 6) is -2.10. The monoisotopic (exact) mass is 505 g/mol. The second-order valence-corrected chi connectivity index (χ2v) is 9.07. The van der Waals surface area contributed by atoms with Gasteiger partial charge in [0.1, 0.15) is 29.9 Å². The molecule has 194 valence electrons. The summed E-state index contributed by atoms with van der Waals surface area (Å²) in [4.78, 5) is 25.3. The molecule has 11 heteroatoms. The van der Waals surface area contributed by atoms with Gasteiger partial charge in [-0.3, -0.25) is 4.79 Å². The summed E-state index contributed by atoms with van der Waals surface area (Å²) < 4.78 is 23.8. The van der Waals surface area contributed by atoms with E-state index in [1.54, 1.807) is 36.2 Å². The topological polar surface area (TPSA) is 157 Å². The Bertz CT molecular complexity index is 1080. The van der Waals surface area contributed by atoms with Crippen LogP contribution < -0.4 is 4.74 Å². The minimum absolute atomic E-state index is 0.0578. The lowest BCUT2D eigenvalue weighted by molar-refractivity contribution is -0.271. The van der Waals surface area contributed by atoms with Crippen LogP contribution in [-0.4, -0.2) is 80.1 Å². The quantitative estimate of drug-likeness (QED) is 0.327. The lowest BCUT2D eigenvalue weighted by Crippen LogP contribution is -2.61. The molecule has 10 nitrogen and oxygen atoms in total. The van der Waals surface area contributed by atoms with Crippen LogP contribution in [0.3, 0.4) is 0 Å². The molecule has 1 amide bonds. The molecule has 0 aromatic heterocycles. The molecule has 2 aliphatic rings. The third-order valence-corrected chi connectivity index (χ3v) is 6.76. The van der Waals surface area contributed by atoms with Gasteiger partial charge in [-0.25, -0.2) is 9.18 Å². The van der Waals surface area contributed by atoms with Crippen LogP contribution in [0.2, 0.25) is 0 Å². The van der Waals surface area contributed by atoms with Gasteiger partial charge in [0.25, 0.3) is 0 Å². The standard InChI is InChI=1S/C25H28FNO9/c1-27-18(16(23(27)32)10-11-17(28)12-2-6-14(26)7-3-12)13-4-8-15(9-5-13)35-25-21(31)19(29)20(30)22(36-25)24(33)34/h2-9,16-22,25,28-31H,10-11H2,1H3,(H,33,34)/t16?,17-,18+,19-,20?,21?,22-,25+/m0/s1. The molecular weight excluding hydrogens is 477 g/mol. The Morgan fingerprint density at radius 1 is 1.06 bits per heavy atom. The molecular formula is C25H28FNO9. The summed E-state index contributed by atoms with van der Waals surface area (Å²) >= 11 is 0. The van der Waals surface area contributed by atoms with Crippen LogP contribution in [0.5, 0.6) is 5.75 Å². The van der Waals surface area contributed by atoms with Crippen molar-refractivity contribution >= 4 is 11.9 Å². The van der Waals surface area contributed by atoms with Crippen LogP contribution in [0.1, 0.15) is 36.1 Å². The number of carbonyl (C=O) groups excluding carboxylic acids is 1. The lowest BCUT2D eigenvalue weighted by Gasteiger charge is -2.45. The molecule has 5 N–H and O–H groups in total. The number of rotatable bonds is 8. The predicted molar refractivity (Wildman–Crippen MR) is 121 cm³/mol. The summed E-state index contributed by atoms with van der Waals surface area (Å²) in [6, 6.07) is 11.9. The molecule has 2 aliphatic heterocycles. The Morgan fingerprint density at radius 2 is 1.69 bits per heavy atom. The molecule has 0 bridgehead atoms. The summed E-state index contributed by atoms with van der Waals surface area (Å²) in [6.07, 6.45) is -8.65. The van der Waals surface area contributed by atoms with Gasteiger partial charge in [0, 0.05) is 7.05 Å². The first kappa shape index (κ1) is 26.0. The molecule has 2 fully saturated rings. The van der Waals surface area contributed by atoms with Gasteiger partial charge in [0.2, 0.25) is 12.2 Å². The number of aliphatic hydroxyl groups excluding tert-OH is 4. The van der Waals surface area contributed by atoms with Crippen LogP contribution in [0.15, 0.2) is 48.5 Å². The molecule has 2 aromatic carbocycles. The largest absolute Gasteiger partial charge is 0.479 e. The number of amides is 1. The average molecular weight is 505 g/mol. The Kier molecular flexibility index (Phi) is 7.57. The Morgan fingerprint density at radius 3 is 2.31 bits per heavy atom. The van der Waals surface area contributed by atoms with E-state index in [9.17, 15) is 34.4 Å². The van der Waals surface area contributed by atoms with Crippen LogP contribution in [-0.2, 0) is 14.3 Å². The zero-order valence-electron chi connectivity index (χ0n) is 19.3. The first-order chi connectivity index (χ1) is 17.1. The van der Waals surface area contributed by atoms with Crippen molar-refractivity contribution in [3.05, 3.63) is 65.5 Å². The zero-order valence-corrected chi connectivity index (χ0v) is 19.3. The van der Waals surface area contributed by atoms with Crippen LogP contribution in [0, 0.1) is 11.7 Å². The highest BCUT2D eigenvalue weighted by Gasteiger charge is 2.48. The molecule has 0 saturated carbocycles. The van der Waals surface area contributed by atoms with Crippen molar-refractivity contribution in [3.8, 4) is 5.75 Å². The molecule has 36 heavy (non-hydrogen) atoms. The van der Waals surface area contributed by atoms with Crippen molar-refractivity contribution in [3.63, 3.8) is 0 Å². The number of halogens is 1. The van der Waals surface area contributed by atoms with Crippen molar-refractivity contribution in [2.24, 2.45) is 5.92 Å². The van der Waals surface area contributed by atoms with E-state index in [1.165, 1.54) is 24.3 Å². The van der Waals surface area contributed by atoms with Gasteiger partial charge in [0.15, 0.2) is 6.10 Å². The number of likely N-dealkylation sites (tertiary alicyclic amines) is 1. The summed E-state index contributed by atoms with van der Waals surface area (Å²) in [6.45, 7) is 0. The molecule has 2 saturated heterocycles. The van der Waals surface area contributed by atoms with E-state index in [0.29, 0.717) is 18.4 Å². The van der Waals surface area contributed by atoms with Crippen molar-refractivity contribution in [2.75, 3.05) is 7.05 Å². The lowest BCUT2D eigenvalue weighted by atomic mass is 9.79. The van der Waals surface area contributed by atoms with Gasteiger partial charge >= 0.3 is 5.97 Å². The molecule has 0 aliphatic carbocycles. The zero-order chi connectivity index (χ0) is 26.1. The normalized spacial score (nSPS) is 31.0. The van der Waals surface area contributed by atoms with Crippen molar-refractivity contribution in [2.45, 2.75) is 55.7 Å². The van der Waals surface area contributed by atoms with Gasteiger partial charge in [-0.05, 0) is 48.2 Å². The minimum atomic E-state index is -1.81. The fraction of sp³-hybridized carbons (Fsp3) is 0.440. The van der Waals surface area contributed by atoms with Gasteiger partial charge in [-0.1, -0.05) is 24.3 Å². The summed E-state index contributed by atoms with van der Waals surface area (Å²) in [5, 5.41) is 49.4. The number of β-lactam (4-membered cyclic amide) rings is 1. The van der Waals surface area contributed by atoms with Crippen molar-refractivity contribution in [1.82, 2.24) is 4.90 Å². The van der Waals surface area contributed by atoms with E-state index < -0.39 is 48.6 Å². The smallest absolute Gasteiger partial charge is 0.335 e. The van der Waals surface area contributed by atoms with Crippen LogP contribution in [0.25, 0.3) is 0 Å². The number of carboxylic acid groups (broad SMARTS) is 1. The van der Waals surface area contributed by atoms with Crippen molar-refractivity contribution in [1.29, 1.82) is 0 Å². The summed E-state index contributed by atoms with van der Waals surface area (Å²) in [7, 11) is 1.68. The maximum absolute atomic E-state index is 13.1.